The van der Waals surface area contributed by atoms with Crippen LogP contribution in [0.3, 0.4) is 0 Å². The molecule has 132 valence electrons. The van der Waals surface area contributed by atoms with Crippen LogP contribution in [0.15, 0.2) is 46.9 Å². The summed E-state index contributed by atoms with van der Waals surface area (Å²) in [5.41, 5.74) is 2.91. The molecule has 0 aliphatic heterocycles. The number of aryl methyl sites for hydroxylation is 2. The second kappa shape index (κ2) is 9.22. The largest absolute Gasteiger partial charge is 0.493 e. The molecule has 0 aliphatic rings. The number of hydrogen-bond donors (Lipinski definition) is 1. The summed E-state index contributed by atoms with van der Waals surface area (Å²) in [6, 6.07) is 12.9. The zero-order valence-corrected chi connectivity index (χ0v) is 15.8. The highest BCUT2D eigenvalue weighted by molar-refractivity contribution is 9.10. The van der Waals surface area contributed by atoms with Gasteiger partial charge in [-0.15, -0.1) is 0 Å². The molecule has 0 heterocycles. The van der Waals surface area contributed by atoms with Gasteiger partial charge in [0.1, 0.15) is 5.75 Å². The van der Waals surface area contributed by atoms with Crippen molar-refractivity contribution in [2.75, 3.05) is 18.5 Å². The van der Waals surface area contributed by atoms with E-state index in [0.717, 1.165) is 15.6 Å². The third-order valence-corrected chi connectivity index (χ3v) is 4.02. The number of carbonyl (C=O) groups excluding carboxylic acids is 2. The van der Waals surface area contributed by atoms with E-state index in [4.69, 9.17) is 9.47 Å². The average molecular weight is 406 g/mol. The molecule has 0 radical (unpaired) electrons. The number of rotatable bonds is 7. The molecule has 0 spiro atoms. The molecule has 0 aliphatic carbocycles. The molecule has 0 aromatic heterocycles. The third kappa shape index (κ3) is 6.58. The van der Waals surface area contributed by atoms with Gasteiger partial charge in [0.2, 0.25) is 0 Å². The average Bonchev–Trinajstić information content (AvgIpc) is 2.56. The van der Waals surface area contributed by atoms with E-state index in [1.54, 1.807) is 6.07 Å². The van der Waals surface area contributed by atoms with Crippen LogP contribution in [0.2, 0.25) is 0 Å². The van der Waals surface area contributed by atoms with Gasteiger partial charge in [0.15, 0.2) is 6.61 Å². The first-order valence-electron chi connectivity index (χ1n) is 7.85. The maximum Gasteiger partial charge on any atom is 0.309 e. The van der Waals surface area contributed by atoms with Crippen molar-refractivity contribution in [2.45, 2.75) is 20.3 Å². The fraction of sp³-hybridized carbons (Fsp3) is 0.263. The van der Waals surface area contributed by atoms with E-state index >= 15 is 0 Å². The van der Waals surface area contributed by atoms with Crippen molar-refractivity contribution in [3.63, 3.8) is 0 Å². The molecule has 0 fully saturated rings. The van der Waals surface area contributed by atoms with Crippen LogP contribution < -0.4 is 10.1 Å². The molecule has 2 rings (SSSR count). The normalized spacial score (nSPS) is 10.2. The first kappa shape index (κ1) is 19.0. The molecular formula is C19H20BrNO4. The van der Waals surface area contributed by atoms with E-state index in [0.29, 0.717) is 11.4 Å². The number of esters is 1. The fourth-order valence-electron chi connectivity index (χ4n) is 2.04. The lowest BCUT2D eigenvalue weighted by molar-refractivity contribution is -0.147. The van der Waals surface area contributed by atoms with Crippen molar-refractivity contribution in [3.8, 4) is 5.75 Å². The molecule has 0 atom stereocenters. The van der Waals surface area contributed by atoms with E-state index in [9.17, 15) is 9.59 Å². The number of amides is 1. The minimum atomic E-state index is -0.481. The van der Waals surface area contributed by atoms with Crippen LogP contribution in [0.25, 0.3) is 0 Å². The molecule has 1 N–H and O–H groups in total. The lowest BCUT2D eigenvalue weighted by Gasteiger charge is -2.09. The SMILES string of the molecule is Cc1ccc(NC(=O)COC(=O)CCOc2cccc(Br)c2)cc1C. The Kier molecular flexibility index (Phi) is 7.01. The summed E-state index contributed by atoms with van der Waals surface area (Å²) in [6.07, 6.45) is 0.0729. The molecule has 25 heavy (non-hydrogen) atoms. The van der Waals surface area contributed by atoms with Crippen LogP contribution in [0.5, 0.6) is 5.75 Å². The number of ether oxygens (including phenoxy) is 2. The van der Waals surface area contributed by atoms with E-state index in [1.807, 2.05) is 50.2 Å². The third-order valence-electron chi connectivity index (χ3n) is 3.53. The Balaban J connectivity index is 1.68. The van der Waals surface area contributed by atoms with E-state index in [2.05, 4.69) is 21.2 Å². The summed E-state index contributed by atoms with van der Waals surface area (Å²) in [5, 5.41) is 2.70. The maximum absolute atomic E-state index is 11.8. The number of anilines is 1. The highest BCUT2D eigenvalue weighted by Crippen LogP contribution is 2.18. The fourth-order valence-corrected chi connectivity index (χ4v) is 2.42. The molecule has 0 saturated carbocycles. The number of benzene rings is 2. The summed E-state index contributed by atoms with van der Waals surface area (Å²) >= 11 is 3.34. The van der Waals surface area contributed by atoms with Crippen LogP contribution >= 0.6 is 15.9 Å². The minimum absolute atomic E-state index is 0.0729. The van der Waals surface area contributed by atoms with Crippen molar-refractivity contribution >= 4 is 33.5 Å². The zero-order valence-electron chi connectivity index (χ0n) is 14.2. The lowest BCUT2D eigenvalue weighted by atomic mass is 10.1. The number of halogens is 1. The van der Waals surface area contributed by atoms with Crippen LogP contribution in [0.1, 0.15) is 17.5 Å². The van der Waals surface area contributed by atoms with Crippen molar-refractivity contribution < 1.29 is 19.1 Å². The summed E-state index contributed by atoms with van der Waals surface area (Å²) in [7, 11) is 0. The molecule has 5 nitrogen and oxygen atoms in total. The van der Waals surface area contributed by atoms with Gasteiger partial charge in [-0.25, -0.2) is 0 Å². The summed E-state index contributed by atoms with van der Waals surface area (Å²) in [4.78, 5) is 23.5. The van der Waals surface area contributed by atoms with Gasteiger partial charge in [-0.3, -0.25) is 9.59 Å². The van der Waals surface area contributed by atoms with Gasteiger partial charge in [-0.05, 0) is 55.3 Å². The summed E-state index contributed by atoms with van der Waals surface area (Å²) in [5.74, 6) is -0.190. The molecule has 0 saturated heterocycles. The predicted octanol–water partition coefficient (Wildman–Crippen LogP) is 4.02. The van der Waals surface area contributed by atoms with Crippen molar-refractivity contribution in [3.05, 3.63) is 58.1 Å². The van der Waals surface area contributed by atoms with Crippen LogP contribution in [0, 0.1) is 13.8 Å². The Hall–Kier alpha value is -2.34. The molecule has 2 aromatic carbocycles. The van der Waals surface area contributed by atoms with Crippen LogP contribution in [0.4, 0.5) is 5.69 Å². The second-order valence-electron chi connectivity index (χ2n) is 5.56. The van der Waals surface area contributed by atoms with Gasteiger partial charge in [0.25, 0.3) is 5.91 Å². The molecule has 0 unspecified atom stereocenters. The number of carbonyl (C=O) groups is 2. The Bertz CT molecular complexity index is 761. The van der Waals surface area contributed by atoms with Gasteiger partial charge in [-0.1, -0.05) is 28.1 Å². The van der Waals surface area contributed by atoms with E-state index in [-0.39, 0.29) is 25.5 Å². The standard InChI is InChI=1S/C19H20BrNO4/c1-13-6-7-16(10-14(13)2)21-18(22)12-25-19(23)8-9-24-17-5-3-4-15(20)11-17/h3-7,10-11H,8-9,12H2,1-2H3,(H,21,22). The molecule has 2 aromatic rings. The predicted molar refractivity (Wildman–Crippen MR) is 99.8 cm³/mol. The Morgan fingerprint density at radius 1 is 1.08 bits per heavy atom. The first-order chi connectivity index (χ1) is 11.9. The highest BCUT2D eigenvalue weighted by atomic mass is 79.9. The van der Waals surface area contributed by atoms with Crippen molar-refractivity contribution in [1.82, 2.24) is 0 Å². The summed E-state index contributed by atoms with van der Waals surface area (Å²) < 4.78 is 11.3. The molecule has 1 amide bonds. The Morgan fingerprint density at radius 2 is 1.88 bits per heavy atom. The van der Waals surface area contributed by atoms with Gasteiger partial charge < -0.3 is 14.8 Å². The van der Waals surface area contributed by atoms with Crippen LogP contribution in [-0.4, -0.2) is 25.1 Å². The lowest BCUT2D eigenvalue weighted by Crippen LogP contribution is -2.21. The van der Waals surface area contributed by atoms with Gasteiger partial charge in [0.05, 0.1) is 13.0 Å². The van der Waals surface area contributed by atoms with Crippen LogP contribution in [-0.2, 0) is 14.3 Å². The van der Waals surface area contributed by atoms with E-state index in [1.165, 1.54) is 0 Å². The zero-order chi connectivity index (χ0) is 18.2. The minimum Gasteiger partial charge on any atom is -0.493 e. The monoisotopic (exact) mass is 405 g/mol. The molecule has 0 bridgehead atoms. The molecular weight excluding hydrogens is 386 g/mol. The molecule has 6 heteroatoms. The Labute approximate surface area is 155 Å². The smallest absolute Gasteiger partial charge is 0.309 e. The van der Waals surface area contributed by atoms with Crippen molar-refractivity contribution in [2.24, 2.45) is 0 Å². The summed E-state index contributed by atoms with van der Waals surface area (Å²) in [6.45, 7) is 3.84. The highest BCUT2D eigenvalue weighted by Gasteiger charge is 2.09. The quantitative estimate of drug-likeness (QED) is 0.706. The number of hydrogen-bond acceptors (Lipinski definition) is 4. The van der Waals surface area contributed by atoms with E-state index < -0.39 is 5.97 Å². The Morgan fingerprint density at radius 3 is 2.60 bits per heavy atom. The van der Waals surface area contributed by atoms with Gasteiger partial charge >= 0.3 is 5.97 Å². The second-order valence-corrected chi connectivity index (χ2v) is 6.48. The first-order valence-corrected chi connectivity index (χ1v) is 8.64. The topological polar surface area (TPSA) is 64.6 Å². The maximum atomic E-state index is 11.8. The van der Waals surface area contributed by atoms with Gasteiger partial charge in [0, 0.05) is 10.2 Å². The van der Waals surface area contributed by atoms with Gasteiger partial charge in [-0.2, -0.15) is 0 Å². The van der Waals surface area contributed by atoms with Crippen molar-refractivity contribution in [1.29, 1.82) is 0 Å². The number of nitrogens with one attached hydrogen (secondary N) is 1.